The maximum absolute atomic E-state index is 12.1. The van der Waals surface area contributed by atoms with Crippen molar-refractivity contribution < 1.29 is 9.59 Å². The molecule has 0 N–H and O–H groups in total. The summed E-state index contributed by atoms with van der Waals surface area (Å²) in [6, 6.07) is 9.39. The Kier molecular flexibility index (Phi) is 3.34. The van der Waals surface area contributed by atoms with Crippen LogP contribution in [0.2, 0.25) is 0 Å². The number of Topliss-reactive ketones (excluding diaryl/α,β-unsaturated/α-hetero) is 1. The number of piperidine rings is 1. The highest BCUT2D eigenvalue weighted by Gasteiger charge is 2.24. The Bertz CT molecular complexity index is 367. The number of benzene rings is 1. The van der Waals surface area contributed by atoms with Gasteiger partial charge in [-0.05, 0) is 12.8 Å². The molecule has 1 aliphatic heterocycles. The molecule has 3 nitrogen and oxygen atoms in total. The molecule has 1 aromatic rings. The molecule has 1 saturated heterocycles. The summed E-state index contributed by atoms with van der Waals surface area (Å²) < 4.78 is 0. The smallest absolute Gasteiger partial charge is 0.209 e. The molecule has 2 rings (SSSR count). The summed E-state index contributed by atoms with van der Waals surface area (Å²) in [4.78, 5) is 24.4. The van der Waals surface area contributed by atoms with Gasteiger partial charge in [-0.2, -0.15) is 0 Å². The molecule has 1 aliphatic rings. The first-order valence-electron chi connectivity index (χ1n) is 5.60. The van der Waals surface area contributed by atoms with Gasteiger partial charge in [0.05, 0.1) is 0 Å². The number of nitrogens with zero attached hydrogens (tertiary/aromatic N) is 1. The summed E-state index contributed by atoms with van der Waals surface area (Å²) in [6.07, 6.45) is 2.43. The van der Waals surface area contributed by atoms with Gasteiger partial charge < -0.3 is 4.90 Å². The van der Waals surface area contributed by atoms with Gasteiger partial charge >= 0.3 is 0 Å². The van der Waals surface area contributed by atoms with E-state index in [4.69, 9.17) is 0 Å². The normalized spacial score (nSPS) is 17.1. The summed E-state index contributed by atoms with van der Waals surface area (Å²) in [6.45, 7) is 1.40. The highest BCUT2D eigenvalue weighted by Crippen LogP contribution is 2.20. The van der Waals surface area contributed by atoms with Crippen molar-refractivity contribution >= 4 is 12.2 Å². The molecule has 0 atom stereocenters. The zero-order valence-electron chi connectivity index (χ0n) is 9.13. The van der Waals surface area contributed by atoms with E-state index in [0.717, 1.165) is 24.8 Å². The lowest BCUT2D eigenvalue weighted by molar-refractivity contribution is -0.119. The van der Waals surface area contributed by atoms with Crippen LogP contribution in [0.4, 0.5) is 0 Å². The number of carbonyl (C=O) groups is 2. The van der Waals surface area contributed by atoms with Crippen LogP contribution in [0.3, 0.4) is 0 Å². The van der Waals surface area contributed by atoms with Crippen molar-refractivity contribution in [3.63, 3.8) is 0 Å². The number of rotatable bonds is 3. The number of likely N-dealkylation sites (tertiary alicyclic amines) is 1. The monoisotopic (exact) mass is 217 g/mol. The summed E-state index contributed by atoms with van der Waals surface area (Å²) >= 11 is 0. The van der Waals surface area contributed by atoms with Crippen molar-refractivity contribution in [2.75, 3.05) is 13.1 Å². The lowest BCUT2D eigenvalue weighted by Crippen LogP contribution is -2.35. The van der Waals surface area contributed by atoms with Gasteiger partial charge in [0.25, 0.3) is 0 Å². The SMILES string of the molecule is O=CN1CCC(C(=O)c2ccccc2)CC1. The van der Waals surface area contributed by atoms with Gasteiger partial charge in [-0.15, -0.1) is 0 Å². The minimum absolute atomic E-state index is 0.0820. The van der Waals surface area contributed by atoms with E-state index in [2.05, 4.69) is 0 Å². The molecular weight excluding hydrogens is 202 g/mol. The molecule has 84 valence electrons. The molecule has 0 radical (unpaired) electrons. The molecule has 0 unspecified atom stereocenters. The van der Waals surface area contributed by atoms with Crippen LogP contribution in [0.25, 0.3) is 0 Å². The number of hydrogen-bond donors (Lipinski definition) is 0. The van der Waals surface area contributed by atoms with Crippen molar-refractivity contribution in [3.05, 3.63) is 35.9 Å². The van der Waals surface area contributed by atoms with E-state index in [9.17, 15) is 9.59 Å². The van der Waals surface area contributed by atoms with E-state index in [-0.39, 0.29) is 11.7 Å². The quantitative estimate of drug-likeness (QED) is 0.571. The van der Waals surface area contributed by atoms with E-state index < -0.39 is 0 Å². The van der Waals surface area contributed by atoms with Gasteiger partial charge in [0.1, 0.15) is 0 Å². The van der Waals surface area contributed by atoms with Gasteiger partial charge in [0, 0.05) is 24.6 Å². The Morgan fingerprint density at radius 1 is 1.19 bits per heavy atom. The lowest BCUT2D eigenvalue weighted by atomic mass is 9.89. The van der Waals surface area contributed by atoms with Crippen molar-refractivity contribution in [1.82, 2.24) is 4.90 Å². The number of ketones is 1. The molecule has 3 heteroatoms. The standard InChI is InChI=1S/C13H15NO2/c15-10-14-8-6-12(7-9-14)13(16)11-4-2-1-3-5-11/h1-5,10,12H,6-9H2. The Hall–Kier alpha value is -1.64. The Balaban J connectivity index is 1.99. The largest absolute Gasteiger partial charge is 0.345 e. The first-order valence-corrected chi connectivity index (χ1v) is 5.60. The van der Waals surface area contributed by atoms with Gasteiger partial charge in [0.2, 0.25) is 6.41 Å². The van der Waals surface area contributed by atoms with E-state index in [0.29, 0.717) is 13.1 Å². The van der Waals surface area contributed by atoms with Crippen molar-refractivity contribution in [2.45, 2.75) is 12.8 Å². The molecule has 1 heterocycles. The fourth-order valence-electron chi connectivity index (χ4n) is 2.11. The number of hydrogen-bond acceptors (Lipinski definition) is 2. The van der Waals surface area contributed by atoms with E-state index in [1.165, 1.54) is 0 Å². The molecule has 0 bridgehead atoms. The first kappa shape index (κ1) is 10.9. The summed E-state index contributed by atoms with van der Waals surface area (Å²) in [5.74, 6) is 0.296. The van der Waals surface area contributed by atoms with Crippen LogP contribution in [0.5, 0.6) is 0 Å². The van der Waals surface area contributed by atoms with Crippen LogP contribution < -0.4 is 0 Å². The Labute approximate surface area is 95.1 Å². The number of amides is 1. The van der Waals surface area contributed by atoms with E-state index in [1.54, 1.807) is 4.90 Å². The average Bonchev–Trinajstić information content (AvgIpc) is 2.39. The van der Waals surface area contributed by atoms with Gasteiger partial charge in [0.15, 0.2) is 5.78 Å². The highest BCUT2D eigenvalue weighted by atomic mass is 16.1. The second-order valence-electron chi connectivity index (χ2n) is 4.15. The van der Waals surface area contributed by atoms with Crippen LogP contribution >= 0.6 is 0 Å². The second kappa shape index (κ2) is 4.92. The fourth-order valence-corrected chi connectivity index (χ4v) is 2.11. The van der Waals surface area contributed by atoms with Crippen molar-refractivity contribution in [3.8, 4) is 0 Å². The highest BCUT2D eigenvalue weighted by molar-refractivity contribution is 5.97. The summed E-state index contributed by atoms with van der Waals surface area (Å²) in [7, 11) is 0. The van der Waals surface area contributed by atoms with Crippen LogP contribution in [-0.4, -0.2) is 30.2 Å². The van der Waals surface area contributed by atoms with Crippen LogP contribution in [0.1, 0.15) is 23.2 Å². The molecule has 0 saturated carbocycles. The predicted molar refractivity (Wildman–Crippen MR) is 61.1 cm³/mol. The zero-order valence-corrected chi connectivity index (χ0v) is 9.13. The summed E-state index contributed by atoms with van der Waals surface area (Å²) in [5, 5.41) is 0. The molecule has 0 aromatic heterocycles. The predicted octanol–water partition coefficient (Wildman–Crippen LogP) is 1.74. The topological polar surface area (TPSA) is 37.4 Å². The van der Waals surface area contributed by atoms with Crippen molar-refractivity contribution in [2.24, 2.45) is 5.92 Å². The van der Waals surface area contributed by atoms with Gasteiger partial charge in [-0.3, -0.25) is 9.59 Å². The fraction of sp³-hybridized carbons (Fsp3) is 0.385. The zero-order chi connectivity index (χ0) is 11.4. The van der Waals surface area contributed by atoms with Crippen molar-refractivity contribution in [1.29, 1.82) is 0 Å². The third-order valence-electron chi connectivity index (χ3n) is 3.11. The molecule has 1 aromatic carbocycles. The molecular formula is C13H15NO2. The first-order chi connectivity index (χ1) is 7.81. The molecule has 0 spiro atoms. The van der Waals surface area contributed by atoms with Crippen LogP contribution in [0, 0.1) is 5.92 Å². The van der Waals surface area contributed by atoms with E-state index in [1.807, 2.05) is 30.3 Å². The van der Waals surface area contributed by atoms with Crippen LogP contribution in [0.15, 0.2) is 30.3 Å². The summed E-state index contributed by atoms with van der Waals surface area (Å²) in [5.41, 5.74) is 0.784. The minimum atomic E-state index is 0.0820. The van der Waals surface area contributed by atoms with Crippen LogP contribution in [-0.2, 0) is 4.79 Å². The Morgan fingerprint density at radius 3 is 2.38 bits per heavy atom. The molecule has 16 heavy (non-hydrogen) atoms. The lowest BCUT2D eigenvalue weighted by Gasteiger charge is -2.28. The maximum Gasteiger partial charge on any atom is 0.209 e. The molecule has 1 fully saturated rings. The number of carbonyl (C=O) groups excluding carboxylic acids is 2. The Morgan fingerprint density at radius 2 is 1.81 bits per heavy atom. The molecule has 1 amide bonds. The third-order valence-corrected chi connectivity index (χ3v) is 3.11. The minimum Gasteiger partial charge on any atom is -0.345 e. The second-order valence-corrected chi connectivity index (χ2v) is 4.15. The van der Waals surface area contributed by atoms with E-state index >= 15 is 0 Å². The van der Waals surface area contributed by atoms with Gasteiger partial charge in [-0.1, -0.05) is 30.3 Å². The van der Waals surface area contributed by atoms with Gasteiger partial charge in [-0.25, -0.2) is 0 Å². The third kappa shape index (κ3) is 2.30. The average molecular weight is 217 g/mol. The maximum atomic E-state index is 12.1. The molecule has 0 aliphatic carbocycles.